The second-order valence-electron chi connectivity index (χ2n) is 16.0. The van der Waals surface area contributed by atoms with Crippen LogP contribution in [0.1, 0.15) is 39.5 Å². The molecule has 0 amide bonds. The number of hydrogen-bond acceptors (Lipinski definition) is 14. The summed E-state index contributed by atoms with van der Waals surface area (Å²) in [7, 11) is -6.49. The first-order valence-electron chi connectivity index (χ1n) is 22.4. The predicted octanol–water partition coefficient (Wildman–Crippen LogP) is 4.81. The molecule has 0 atom stereocenters. The summed E-state index contributed by atoms with van der Waals surface area (Å²) in [6, 6.07) is 25.7. The standard InChI is InChI=1S/2C23H31N5O3S.H2O/c2*1-2-31-17-15-28-22-21(9-6-12-24-22)26-23(28)25-19-10-13-27(14-11-19)16-18-32(29,30)20-7-4-3-5-8-20;/h2*3-9,12,19H,2,10-11,13-18H2,1H3,(H,25,26);1H2. The molecule has 17 nitrogen and oxygen atoms in total. The molecule has 6 aromatic rings. The molecule has 0 radical (unpaired) electrons. The fourth-order valence-electron chi connectivity index (χ4n) is 8.12. The van der Waals surface area contributed by atoms with Gasteiger partial charge in [0.05, 0.1) is 47.6 Å². The quantitative estimate of drug-likeness (QED) is 0.0985. The fraction of sp³-hybridized carbons (Fsp3) is 0.478. The highest BCUT2D eigenvalue weighted by Gasteiger charge is 2.25. The lowest BCUT2D eigenvalue weighted by Crippen LogP contribution is -2.41. The van der Waals surface area contributed by atoms with Crippen LogP contribution < -0.4 is 10.6 Å². The van der Waals surface area contributed by atoms with Gasteiger partial charge in [0.25, 0.3) is 0 Å². The molecule has 6 heterocycles. The second-order valence-corrected chi connectivity index (χ2v) is 20.3. The maximum Gasteiger partial charge on any atom is 0.205 e. The Labute approximate surface area is 382 Å². The first-order chi connectivity index (χ1) is 31.1. The summed E-state index contributed by atoms with van der Waals surface area (Å²) in [6.45, 7) is 12.5. The minimum atomic E-state index is -3.24. The topological polar surface area (TPSA) is 210 Å². The van der Waals surface area contributed by atoms with Crippen molar-refractivity contribution < 1.29 is 31.8 Å². The highest BCUT2D eigenvalue weighted by atomic mass is 32.2. The predicted molar refractivity (Wildman–Crippen MR) is 255 cm³/mol. The van der Waals surface area contributed by atoms with Gasteiger partial charge in [0.2, 0.25) is 11.9 Å². The first kappa shape index (κ1) is 49.4. The Kier molecular flexibility index (Phi) is 18.2. The van der Waals surface area contributed by atoms with E-state index >= 15 is 0 Å². The molecule has 4 N–H and O–H groups in total. The van der Waals surface area contributed by atoms with Crippen molar-refractivity contribution in [2.24, 2.45) is 0 Å². The third-order valence-electron chi connectivity index (χ3n) is 11.7. The molecule has 0 spiro atoms. The van der Waals surface area contributed by atoms with Crippen molar-refractivity contribution in [1.29, 1.82) is 0 Å². The molecule has 2 fully saturated rings. The first-order valence-corrected chi connectivity index (χ1v) is 25.8. The Morgan fingerprint density at radius 1 is 0.554 bits per heavy atom. The van der Waals surface area contributed by atoms with Crippen molar-refractivity contribution in [2.75, 3.05) is 87.8 Å². The summed E-state index contributed by atoms with van der Waals surface area (Å²) < 4.78 is 65.4. The van der Waals surface area contributed by atoms with Crippen molar-refractivity contribution in [3.8, 4) is 0 Å². The Balaban J connectivity index is 0.000000212. The highest BCUT2D eigenvalue weighted by molar-refractivity contribution is 7.91. The summed E-state index contributed by atoms with van der Waals surface area (Å²) in [6.07, 6.45) is 7.32. The minimum absolute atomic E-state index is 0. The minimum Gasteiger partial charge on any atom is -0.412 e. The molecule has 19 heteroatoms. The fourth-order valence-corrected chi connectivity index (χ4v) is 10.7. The van der Waals surface area contributed by atoms with Gasteiger partial charge in [-0.1, -0.05) is 36.4 Å². The largest absolute Gasteiger partial charge is 0.412 e. The molecule has 2 aromatic carbocycles. The van der Waals surface area contributed by atoms with Crippen molar-refractivity contribution in [2.45, 2.75) is 74.5 Å². The van der Waals surface area contributed by atoms with Gasteiger partial charge in [0.15, 0.2) is 31.0 Å². The number of anilines is 2. The molecule has 8 rings (SSSR count). The third-order valence-corrected chi connectivity index (χ3v) is 15.2. The van der Waals surface area contributed by atoms with Crippen LogP contribution in [-0.4, -0.2) is 150 Å². The number of pyridine rings is 2. The second kappa shape index (κ2) is 24.0. The molecule has 0 bridgehead atoms. The number of nitrogens with one attached hydrogen (secondary N) is 2. The van der Waals surface area contributed by atoms with Gasteiger partial charge >= 0.3 is 0 Å². The average Bonchev–Trinajstić information content (AvgIpc) is 3.86. The molecule has 0 unspecified atom stereocenters. The SMILES string of the molecule is CCOCCn1c(NC2CCN(CCS(=O)(=O)c3ccccc3)CC2)nc2cccnc21.CCOCCn1c(NC2CCN(CCS(=O)(=O)c3ccccc3)CC2)nc2cccnc21.O. The number of nitrogens with zero attached hydrogens (tertiary/aromatic N) is 8. The van der Waals surface area contributed by atoms with Gasteiger partial charge in [0, 0.05) is 77.0 Å². The van der Waals surface area contributed by atoms with Crippen LogP contribution in [0.5, 0.6) is 0 Å². The van der Waals surface area contributed by atoms with E-state index in [9.17, 15) is 16.8 Å². The van der Waals surface area contributed by atoms with Gasteiger partial charge in [-0.2, -0.15) is 0 Å². The molecular formula is C46H64N10O7S2. The van der Waals surface area contributed by atoms with E-state index in [2.05, 4.69) is 39.5 Å². The molecular weight excluding hydrogens is 869 g/mol. The van der Waals surface area contributed by atoms with Crippen LogP contribution in [0, 0.1) is 0 Å². The van der Waals surface area contributed by atoms with Gasteiger partial charge in [-0.3, -0.25) is 9.13 Å². The van der Waals surface area contributed by atoms with Gasteiger partial charge in [-0.25, -0.2) is 36.8 Å². The van der Waals surface area contributed by atoms with E-state index in [0.717, 1.165) is 86.1 Å². The number of piperidine rings is 2. The van der Waals surface area contributed by atoms with Gasteiger partial charge in [-0.15, -0.1) is 0 Å². The third kappa shape index (κ3) is 13.5. The molecule has 2 aliphatic heterocycles. The van der Waals surface area contributed by atoms with Gasteiger partial charge in [-0.05, 0) is 88.1 Å². The molecule has 352 valence electrons. The molecule has 65 heavy (non-hydrogen) atoms. The van der Waals surface area contributed by atoms with E-state index in [-0.39, 0.29) is 17.0 Å². The molecule has 4 aromatic heterocycles. The maximum absolute atomic E-state index is 12.5. The van der Waals surface area contributed by atoms with Crippen molar-refractivity contribution in [1.82, 2.24) is 38.9 Å². The number of fused-ring (bicyclic) bond motifs is 2. The number of rotatable bonds is 20. The summed E-state index contributed by atoms with van der Waals surface area (Å²) in [4.78, 5) is 23.8. The maximum atomic E-state index is 12.5. The van der Waals surface area contributed by atoms with Crippen molar-refractivity contribution in [3.63, 3.8) is 0 Å². The van der Waals surface area contributed by atoms with E-state index < -0.39 is 19.7 Å². The number of ether oxygens (including phenoxy) is 2. The van der Waals surface area contributed by atoms with Crippen molar-refractivity contribution >= 4 is 53.9 Å². The van der Waals surface area contributed by atoms with E-state index in [0.29, 0.717) is 74.5 Å². The monoisotopic (exact) mass is 932 g/mol. The van der Waals surface area contributed by atoms with Gasteiger partial charge < -0.3 is 35.4 Å². The lowest BCUT2D eigenvalue weighted by Gasteiger charge is -2.32. The van der Waals surface area contributed by atoms with E-state index in [1.165, 1.54) is 0 Å². The zero-order chi connectivity index (χ0) is 44.8. The number of benzene rings is 2. The van der Waals surface area contributed by atoms with E-state index in [4.69, 9.17) is 19.4 Å². The molecule has 2 aliphatic rings. The van der Waals surface area contributed by atoms with Gasteiger partial charge in [0.1, 0.15) is 11.0 Å². The molecule has 0 aliphatic carbocycles. The number of imidazole rings is 2. The summed E-state index contributed by atoms with van der Waals surface area (Å²) in [5.74, 6) is 1.94. The Bertz CT molecular complexity index is 2400. The number of sulfone groups is 2. The van der Waals surface area contributed by atoms with Crippen LogP contribution in [0.2, 0.25) is 0 Å². The number of hydrogen-bond donors (Lipinski definition) is 2. The zero-order valence-corrected chi connectivity index (χ0v) is 39.1. The lowest BCUT2D eigenvalue weighted by molar-refractivity contribution is 0.140. The van der Waals surface area contributed by atoms with E-state index in [1.54, 1.807) is 60.9 Å². The summed E-state index contributed by atoms with van der Waals surface area (Å²) in [5, 5.41) is 7.19. The molecule has 0 saturated carbocycles. The van der Waals surface area contributed by atoms with Crippen LogP contribution in [0.3, 0.4) is 0 Å². The normalized spacial score (nSPS) is 15.7. The van der Waals surface area contributed by atoms with Crippen LogP contribution >= 0.6 is 0 Å². The van der Waals surface area contributed by atoms with Crippen molar-refractivity contribution in [3.05, 3.63) is 97.3 Å². The van der Waals surface area contributed by atoms with E-state index in [1.807, 2.05) is 50.2 Å². The average molecular weight is 933 g/mol. The summed E-state index contributed by atoms with van der Waals surface area (Å²) in [5.41, 5.74) is 3.46. The molecule has 2 saturated heterocycles. The van der Waals surface area contributed by atoms with Crippen LogP contribution in [0.15, 0.2) is 107 Å². The highest BCUT2D eigenvalue weighted by Crippen LogP contribution is 2.24. The van der Waals surface area contributed by atoms with Crippen LogP contribution in [-0.2, 0) is 42.2 Å². The summed E-state index contributed by atoms with van der Waals surface area (Å²) >= 11 is 0. The Morgan fingerprint density at radius 2 is 0.938 bits per heavy atom. The van der Waals surface area contributed by atoms with Crippen LogP contribution in [0.4, 0.5) is 11.9 Å². The smallest absolute Gasteiger partial charge is 0.205 e. The number of likely N-dealkylation sites (tertiary alicyclic amines) is 2. The Hall–Kier alpha value is -5.02. The lowest BCUT2D eigenvalue weighted by atomic mass is 10.1. The van der Waals surface area contributed by atoms with Crippen LogP contribution in [0.25, 0.3) is 22.3 Å². The number of aromatic nitrogens is 6. The Morgan fingerprint density at radius 3 is 1.31 bits per heavy atom. The zero-order valence-electron chi connectivity index (χ0n) is 37.5.